The fourth-order valence-corrected chi connectivity index (χ4v) is 5.29. The van der Waals surface area contributed by atoms with Crippen molar-refractivity contribution in [3.63, 3.8) is 0 Å². The summed E-state index contributed by atoms with van der Waals surface area (Å²) >= 11 is 0. The van der Waals surface area contributed by atoms with Gasteiger partial charge in [0, 0.05) is 58.4 Å². The molecule has 0 aliphatic carbocycles. The van der Waals surface area contributed by atoms with Gasteiger partial charge in [0.25, 0.3) is 11.8 Å². The summed E-state index contributed by atoms with van der Waals surface area (Å²) in [6.45, 7) is 6.88. The number of hydrogen-bond acceptors (Lipinski definition) is 9. The van der Waals surface area contributed by atoms with E-state index in [0.29, 0.717) is 67.0 Å². The molecule has 0 unspecified atom stereocenters. The molecule has 1 fully saturated rings. The zero-order chi connectivity index (χ0) is 29.6. The Labute approximate surface area is 246 Å². The number of benzene rings is 2. The van der Waals surface area contributed by atoms with Crippen LogP contribution >= 0.6 is 0 Å². The molecule has 2 aliphatic rings. The molecule has 1 aromatic heterocycles. The van der Waals surface area contributed by atoms with Crippen LogP contribution in [0.2, 0.25) is 0 Å². The molecule has 5 rings (SSSR count). The molecule has 222 valence electrons. The van der Waals surface area contributed by atoms with Gasteiger partial charge >= 0.3 is 0 Å². The van der Waals surface area contributed by atoms with Gasteiger partial charge in [-0.15, -0.1) is 0 Å². The van der Waals surface area contributed by atoms with E-state index in [1.807, 2.05) is 60.2 Å². The van der Waals surface area contributed by atoms with Crippen LogP contribution in [0.15, 0.2) is 54.7 Å². The average molecular weight is 575 g/mol. The molecule has 0 bridgehead atoms. The number of hydrogen-bond donors (Lipinski definition) is 2. The van der Waals surface area contributed by atoms with Crippen molar-refractivity contribution in [1.82, 2.24) is 14.8 Å². The van der Waals surface area contributed by atoms with Crippen molar-refractivity contribution in [2.24, 2.45) is 0 Å². The normalized spacial score (nSPS) is 15.2. The molecular weight excluding hydrogens is 536 g/mol. The van der Waals surface area contributed by atoms with E-state index in [9.17, 15) is 9.59 Å². The summed E-state index contributed by atoms with van der Waals surface area (Å²) in [6, 6.07) is 14.9. The number of aliphatic hydroxyl groups excluding tert-OH is 1. The molecule has 11 heteroatoms. The number of fused-ring (bicyclic) bond motifs is 2. The van der Waals surface area contributed by atoms with Crippen LogP contribution in [0.4, 0.5) is 28.6 Å². The van der Waals surface area contributed by atoms with E-state index in [1.54, 1.807) is 30.3 Å². The van der Waals surface area contributed by atoms with E-state index >= 15 is 0 Å². The van der Waals surface area contributed by atoms with Gasteiger partial charge in [0.2, 0.25) is 0 Å². The highest BCUT2D eigenvalue weighted by molar-refractivity contribution is 6.13. The van der Waals surface area contributed by atoms with Gasteiger partial charge in [-0.1, -0.05) is 12.1 Å². The predicted molar refractivity (Wildman–Crippen MR) is 163 cm³/mol. The van der Waals surface area contributed by atoms with Crippen LogP contribution in [0.1, 0.15) is 27.6 Å². The number of rotatable bonds is 10. The van der Waals surface area contributed by atoms with E-state index in [4.69, 9.17) is 14.6 Å². The standard InChI is InChI=1S/C31H38N6O5/c1-4-42-28-19-22(30(39)37-13-11-36(12-14-37)15-17-41-18-16-38)9-10-24(28)33-29-20-26-27(21-32-29)35(3)31(40)23-7-5-6-8-25(23)34(26)2/h5-10,19-21,38H,4,11-18H2,1-3H3,(H,32,33). The summed E-state index contributed by atoms with van der Waals surface area (Å²) in [4.78, 5) is 38.8. The average Bonchev–Trinajstić information content (AvgIpc) is 3.09. The number of carbonyl (C=O) groups is 2. The second kappa shape index (κ2) is 13.2. The Morgan fingerprint density at radius 2 is 1.76 bits per heavy atom. The molecule has 2 N–H and O–H groups in total. The van der Waals surface area contributed by atoms with Crippen molar-refractivity contribution in [3.05, 3.63) is 65.9 Å². The minimum Gasteiger partial charge on any atom is -0.492 e. The predicted octanol–water partition coefficient (Wildman–Crippen LogP) is 3.35. The first-order valence-electron chi connectivity index (χ1n) is 14.3. The van der Waals surface area contributed by atoms with Crippen LogP contribution in [-0.4, -0.2) is 105 Å². The maximum atomic E-state index is 13.3. The van der Waals surface area contributed by atoms with Crippen LogP contribution in [0.5, 0.6) is 5.75 Å². The number of nitrogens with zero attached hydrogens (tertiary/aromatic N) is 5. The minimum absolute atomic E-state index is 0.0241. The van der Waals surface area contributed by atoms with E-state index < -0.39 is 0 Å². The van der Waals surface area contributed by atoms with E-state index in [1.165, 1.54) is 0 Å². The quantitative estimate of drug-likeness (QED) is 0.352. The Bertz CT molecular complexity index is 1420. The molecule has 2 aliphatic heterocycles. The Hall–Kier alpha value is -4.19. The highest BCUT2D eigenvalue weighted by Gasteiger charge is 2.28. The number of aliphatic hydroxyl groups is 1. The number of anilines is 5. The second-order valence-electron chi connectivity index (χ2n) is 10.2. The number of piperazine rings is 1. The third kappa shape index (κ3) is 6.18. The lowest BCUT2D eigenvalue weighted by molar-refractivity contribution is 0.0486. The smallest absolute Gasteiger partial charge is 0.260 e. The van der Waals surface area contributed by atoms with Crippen LogP contribution in [0.3, 0.4) is 0 Å². The Kier molecular flexibility index (Phi) is 9.21. The first kappa shape index (κ1) is 29.3. The van der Waals surface area contributed by atoms with E-state index in [0.717, 1.165) is 31.0 Å². The van der Waals surface area contributed by atoms with Gasteiger partial charge in [-0.3, -0.25) is 14.5 Å². The van der Waals surface area contributed by atoms with Gasteiger partial charge in [-0.2, -0.15) is 0 Å². The molecule has 2 amide bonds. The summed E-state index contributed by atoms with van der Waals surface area (Å²) in [7, 11) is 3.69. The Morgan fingerprint density at radius 3 is 2.52 bits per heavy atom. The fourth-order valence-electron chi connectivity index (χ4n) is 5.29. The number of para-hydroxylation sites is 1. The molecule has 0 saturated carbocycles. The first-order chi connectivity index (χ1) is 20.4. The van der Waals surface area contributed by atoms with Crippen molar-refractivity contribution in [2.45, 2.75) is 6.92 Å². The number of aromatic nitrogens is 1. The molecule has 0 atom stereocenters. The van der Waals surface area contributed by atoms with Gasteiger partial charge in [0.05, 0.1) is 60.9 Å². The summed E-state index contributed by atoms with van der Waals surface area (Å²) in [5.41, 5.74) is 4.23. The molecular formula is C31H38N6O5. The van der Waals surface area contributed by atoms with Crippen LogP contribution in [-0.2, 0) is 4.74 Å². The number of ether oxygens (including phenoxy) is 2. The van der Waals surface area contributed by atoms with Crippen molar-refractivity contribution in [1.29, 1.82) is 0 Å². The molecule has 2 aromatic carbocycles. The summed E-state index contributed by atoms with van der Waals surface area (Å²) in [6.07, 6.45) is 1.69. The lowest BCUT2D eigenvalue weighted by atomic mass is 10.1. The zero-order valence-corrected chi connectivity index (χ0v) is 24.4. The van der Waals surface area contributed by atoms with Crippen molar-refractivity contribution in [3.8, 4) is 5.75 Å². The molecule has 0 radical (unpaired) electrons. The largest absolute Gasteiger partial charge is 0.492 e. The van der Waals surface area contributed by atoms with Crippen molar-refractivity contribution >= 4 is 40.4 Å². The molecule has 3 heterocycles. The number of pyridine rings is 1. The Balaban J connectivity index is 1.31. The number of nitrogens with one attached hydrogen (secondary N) is 1. The first-order valence-corrected chi connectivity index (χ1v) is 14.3. The molecule has 0 spiro atoms. The lowest BCUT2D eigenvalue weighted by Gasteiger charge is -2.34. The van der Waals surface area contributed by atoms with Gasteiger partial charge in [0.1, 0.15) is 11.6 Å². The molecule has 1 saturated heterocycles. The van der Waals surface area contributed by atoms with Gasteiger partial charge in [-0.25, -0.2) is 4.98 Å². The van der Waals surface area contributed by atoms with Crippen molar-refractivity contribution in [2.75, 3.05) is 88.4 Å². The SMILES string of the molecule is CCOc1cc(C(=O)N2CCN(CCOCCO)CC2)ccc1Nc1cc2c(cn1)N(C)C(=O)c1ccccc1N2C. The van der Waals surface area contributed by atoms with Crippen molar-refractivity contribution < 1.29 is 24.2 Å². The third-order valence-corrected chi connectivity index (χ3v) is 7.62. The minimum atomic E-state index is -0.0916. The number of amides is 2. The van der Waals surface area contributed by atoms with Gasteiger partial charge in [0.15, 0.2) is 0 Å². The van der Waals surface area contributed by atoms with Crippen LogP contribution in [0.25, 0.3) is 0 Å². The van der Waals surface area contributed by atoms with Gasteiger partial charge < -0.3 is 34.6 Å². The second-order valence-corrected chi connectivity index (χ2v) is 10.2. The highest BCUT2D eigenvalue weighted by atomic mass is 16.5. The summed E-state index contributed by atoms with van der Waals surface area (Å²) in [5.74, 6) is 1.02. The summed E-state index contributed by atoms with van der Waals surface area (Å²) < 4.78 is 11.3. The van der Waals surface area contributed by atoms with Crippen LogP contribution < -0.4 is 19.9 Å². The maximum Gasteiger partial charge on any atom is 0.260 e. The number of carbonyl (C=O) groups excluding carboxylic acids is 2. The summed E-state index contributed by atoms with van der Waals surface area (Å²) in [5, 5.41) is 12.2. The zero-order valence-electron chi connectivity index (χ0n) is 24.4. The fraction of sp³-hybridized carbons (Fsp3) is 0.387. The Morgan fingerprint density at radius 1 is 0.976 bits per heavy atom. The lowest BCUT2D eigenvalue weighted by Crippen LogP contribution is -2.49. The van der Waals surface area contributed by atoms with E-state index in [-0.39, 0.29) is 18.4 Å². The topological polar surface area (TPSA) is 111 Å². The molecule has 3 aromatic rings. The van der Waals surface area contributed by atoms with Gasteiger partial charge in [-0.05, 0) is 37.3 Å². The van der Waals surface area contributed by atoms with E-state index in [2.05, 4.69) is 15.2 Å². The highest BCUT2D eigenvalue weighted by Crippen LogP contribution is 2.40. The maximum absolute atomic E-state index is 13.3. The third-order valence-electron chi connectivity index (χ3n) is 7.62. The monoisotopic (exact) mass is 574 g/mol. The van der Waals surface area contributed by atoms with Crippen LogP contribution in [0, 0.1) is 0 Å². The molecule has 11 nitrogen and oxygen atoms in total. The molecule has 42 heavy (non-hydrogen) atoms.